The molecule has 0 aromatic carbocycles. The van der Waals surface area contributed by atoms with Gasteiger partial charge in [-0.05, 0) is 37.5 Å². The first-order chi connectivity index (χ1) is 9.65. The van der Waals surface area contributed by atoms with E-state index in [-0.39, 0.29) is 6.04 Å². The van der Waals surface area contributed by atoms with Gasteiger partial charge in [0.1, 0.15) is 0 Å². The van der Waals surface area contributed by atoms with Crippen molar-refractivity contribution < 1.29 is 0 Å². The number of pyridine rings is 1. The topological polar surface area (TPSA) is 56.7 Å². The molecular formula is C16H24N4. The van der Waals surface area contributed by atoms with Gasteiger partial charge in [0.15, 0.2) is 0 Å². The van der Waals surface area contributed by atoms with Crippen LogP contribution in [0.5, 0.6) is 0 Å². The molecule has 0 aliphatic heterocycles. The summed E-state index contributed by atoms with van der Waals surface area (Å²) in [6.45, 7) is 6.47. The maximum absolute atomic E-state index is 6.31. The number of nitrogens with two attached hydrogens (primary N) is 1. The summed E-state index contributed by atoms with van der Waals surface area (Å²) in [6, 6.07) is 6.46. The lowest BCUT2D eigenvalue weighted by Crippen LogP contribution is -2.17. The molecule has 2 atom stereocenters. The number of rotatable bonds is 6. The highest BCUT2D eigenvalue weighted by molar-refractivity contribution is 5.23. The Morgan fingerprint density at radius 1 is 1.30 bits per heavy atom. The molecule has 0 aliphatic rings. The standard InChI is InChI=1S/C16H24N4/c1-4-12(3)20-10-8-14(19-20)11-15(17)16-13(5-2)7-6-9-18-16/h6-10,12,15H,4-5,11,17H2,1-3H3. The normalized spacial score (nSPS) is 14.2. The van der Waals surface area contributed by atoms with Crippen LogP contribution in [0.15, 0.2) is 30.6 Å². The molecule has 0 aliphatic carbocycles. The Kier molecular flexibility index (Phi) is 4.90. The van der Waals surface area contributed by atoms with Gasteiger partial charge in [-0.1, -0.05) is 19.9 Å². The van der Waals surface area contributed by atoms with Crippen molar-refractivity contribution in [3.63, 3.8) is 0 Å². The van der Waals surface area contributed by atoms with Gasteiger partial charge in [-0.25, -0.2) is 0 Å². The van der Waals surface area contributed by atoms with Crippen LogP contribution in [0.1, 0.15) is 56.2 Å². The fourth-order valence-electron chi connectivity index (χ4n) is 2.32. The molecule has 4 nitrogen and oxygen atoms in total. The SMILES string of the molecule is CCc1cccnc1C(N)Cc1ccn(C(C)CC)n1. The zero-order valence-electron chi connectivity index (χ0n) is 12.6. The first-order valence-electron chi connectivity index (χ1n) is 7.39. The molecule has 2 unspecified atom stereocenters. The van der Waals surface area contributed by atoms with Gasteiger partial charge in [0.2, 0.25) is 0 Å². The van der Waals surface area contributed by atoms with E-state index in [4.69, 9.17) is 5.73 Å². The van der Waals surface area contributed by atoms with E-state index in [2.05, 4.69) is 43.0 Å². The molecule has 20 heavy (non-hydrogen) atoms. The van der Waals surface area contributed by atoms with Gasteiger partial charge in [0.25, 0.3) is 0 Å². The zero-order valence-corrected chi connectivity index (χ0v) is 12.6. The molecule has 2 aromatic heterocycles. The smallest absolute Gasteiger partial charge is 0.0644 e. The second kappa shape index (κ2) is 6.66. The Morgan fingerprint density at radius 3 is 2.80 bits per heavy atom. The number of aryl methyl sites for hydroxylation is 1. The van der Waals surface area contributed by atoms with Crippen molar-refractivity contribution in [3.05, 3.63) is 47.5 Å². The molecule has 4 heteroatoms. The van der Waals surface area contributed by atoms with Crippen LogP contribution in [0.25, 0.3) is 0 Å². The minimum absolute atomic E-state index is 0.0913. The molecule has 2 rings (SSSR count). The van der Waals surface area contributed by atoms with E-state index in [1.807, 2.05) is 23.1 Å². The molecule has 0 fully saturated rings. The van der Waals surface area contributed by atoms with Gasteiger partial charge in [-0.3, -0.25) is 9.67 Å². The molecule has 0 saturated heterocycles. The first-order valence-corrected chi connectivity index (χ1v) is 7.39. The van der Waals surface area contributed by atoms with E-state index in [0.29, 0.717) is 6.04 Å². The largest absolute Gasteiger partial charge is 0.322 e. The van der Waals surface area contributed by atoms with Crippen molar-refractivity contribution >= 4 is 0 Å². The van der Waals surface area contributed by atoms with E-state index in [9.17, 15) is 0 Å². The summed E-state index contributed by atoms with van der Waals surface area (Å²) in [5.74, 6) is 0. The summed E-state index contributed by atoms with van der Waals surface area (Å²) < 4.78 is 2.02. The number of hydrogen-bond donors (Lipinski definition) is 1. The third kappa shape index (κ3) is 3.25. The third-order valence-corrected chi connectivity index (χ3v) is 3.79. The quantitative estimate of drug-likeness (QED) is 0.879. The summed E-state index contributed by atoms with van der Waals surface area (Å²) >= 11 is 0. The lowest BCUT2D eigenvalue weighted by atomic mass is 10.0. The minimum Gasteiger partial charge on any atom is -0.322 e. The van der Waals surface area contributed by atoms with Crippen molar-refractivity contribution in [3.8, 4) is 0 Å². The van der Waals surface area contributed by atoms with Crippen LogP contribution < -0.4 is 5.73 Å². The summed E-state index contributed by atoms with van der Waals surface area (Å²) in [5.41, 5.74) is 9.56. The van der Waals surface area contributed by atoms with Gasteiger partial charge < -0.3 is 5.73 Å². The molecule has 0 spiro atoms. The summed E-state index contributed by atoms with van der Waals surface area (Å²) in [7, 11) is 0. The fraction of sp³-hybridized carbons (Fsp3) is 0.500. The van der Waals surface area contributed by atoms with Gasteiger partial charge in [0.05, 0.1) is 17.4 Å². The first kappa shape index (κ1) is 14.7. The molecule has 2 aromatic rings. The predicted octanol–water partition coefficient (Wildman–Crippen LogP) is 3.05. The molecule has 0 radical (unpaired) electrons. The molecular weight excluding hydrogens is 248 g/mol. The average molecular weight is 272 g/mol. The van der Waals surface area contributed by atoms with Gasteiger partial charge in [0, 0.05) is 24.9 Å². The Bertz CT molecular complexity index is 547. The number of aromatic nitrogens is 3. The Balaban J connectivity index is 2.11. The van der Waals surface area contributed by atoms with Crippen LogP contribution in [-0.2, 0) is 12.8 Å². The average Bonchev–Trinajstić information content (AvgIpc) is 2.94. The van der Waals surface area contributed by atoms with Gasteiger partial charge in [-0.2, -0.15) is 5.10 Å². The van der Waals surface area contributed by atoms with E-state index < -0.39 is 0 Å². The Hall–Kier alpha value is -1.68. The Labute approximate surface area is 121 Å². The van der Waals surface area contributed by atoms with Crippen molar-refractivity contribution in [2.75, 3.05) is 0 Å². The highest BCUT2D eigenvalue weighted by Crippen LogP contribution is 2.18. The molecule has 0 saturated carbocycles. The third-order valence-electron chi connectivity index (χ3n) is 3.79. The lowest BCUT2D eigenvalue weighted by Gasteiger charge is -2.13. The van der Waals surface area contributed by atoms with E-state index in [0.717, 1.165) is 30.7 Å². The number of nitrogens with zero attached hydrogens (tertiary/aromatic N) is 3. The highest BCUT2D eigenvalue weighted by atomic mass is 15.3. The van der Waals surface area contributed by atoms with Crippen LogP contribution >= 0.6 is 0 Å². The highest BCUT2D eigenvalue weighted by Gasteiger charge is 2.14. The van der Waals surface area contributed by atoms with Crippen LogP contribution in [0.3, 0.4) is 0 Å². The van der Waals surface area contributed by atoms with Crippen molar-refractivity contribution in [2.45, 2.75) is 52.1 Å². The second-order valence-corrected chi connectivity index (χ2v) is 5.26. The predicted molar refractivity (Wildman–Crippen MR) is 81.5 cm³/mol. The second-order valence-electron chi connectivity index (χ2n) is 5.26. The van der Waals surface area contributed by atoms with Crippen molar-refractivity contribution in [2.24, 2.45) is 5.73 Å². The lowest BCUT2D eigenvalue weighted by molar-refractivity contribution is 0.471. The summed E-state index contributed by atoms with van der Waals surface area (Å²) in [6.07, 6.45) is 6.61. The molecule has 2 heterocycles. The van der Waals surface area contributed by atoms with Crippen LogP contribution in [0.4, 0.5) is 0 Å². The van der Waals surface area contributed by atoms with E-state index in [1.54, 1.807) is 0 Å². The van der Waals surface area contributed by atoms with Crippen LogP contribution in [-0.4, -0.2) is 14.8 Å². The van der Waals surface area contributed by atoms with Crippen molar-refractivity contribution in [1.82, 2.24) is 14.8 Å². The van der Waals surface area contributed by atoms with Gasteiger partial charge >= 0.3 is 0 Å². The summed E-state index contributed by atoms with van der Waals surface area (Å²) in [4.78, 5) is 4.44. The molecule has 108 valence electrons. The Morgan fingerprint density at radius 2 is 2.10 bits per heavy atom. The van der Waals surface area contributed by atoms with Crippen LogP contribution in [0.2, 0.25) is 0 Å². The van der Waals surface area contributed by atoms with Crippen molar-refractivity contribution in [1.29, 1.82) is 0 Å². The van der Waals surface area contributed by atoms with E-state index >= 15 is 0 Å². The fourth-order valence-corrected chi connectivity index (χ4v) is 2.32. The van der Waals surface area contributed by atoms with E-state index in [1.165, 1.54) is 5.56 Å². The monoisotopic (exact) mass is 272 g/mol. The zero-order chi connectivity index (χ0) is 14.5. The summed E-state index contributed by atoms with van der Waals surface area (Å²) in [5, 5.41) is 4.61. The maximum Gasteiger partial charge on any atom is 0.0644 e. The number of hydrogen-bond acceptors (Lipinski definition) is 3. The molecule has 0 amide bonds. The van der Waals surface area contributed by atoms with Gasteiger partial charge in [-0.15, -0.1) is 0 Å². The van der Waals surface area contributed by atoms with Crippen LogP contribution in [0, 0.1) is 0 Å². The molecule has 2 N–H and O–H groups in total. The minimum atomic E-state index is -0.0913. The molecule has 0 bridgehead atoms. The maximum atomic E-state index is 6.31.